The van der Waals surface area contributed by atoms with Crippen LogP contribution in [0.5, 0.6) is 5.75 Å². The summed E-state index contributed by atoms with van der Waals surface area (Å²) in [4.78, 5) is 19.0. The molecule has 7 nitrogen and oxygen atoms in total. The van der Waals surface area contributed by atoms with E-state index >= 15 is 0 Å². The van der Waals surface area contributed by atoms with Crippen molar-refractivity contribution in [2.75, 3.05) is 25.5 Å². The Labute approximate surface area is 203 Å². The third-order valence-corrected chi connectivity index (χ3v) is 7.10. The standard InChI is InChI=1S/C23H23F4N5O2S/c1-13-3-5-15(10-16(13)24)22(20-29-12-30-35-20)7-8-32(11-22)21(33)31-17-9-14(4-6-18(17)34-2)19(28)23(25,26)27/h3-6,9-10,12,19H,7-8,11,28H2,1-2H3,(H,31,33)/t19-,22?/m1/s1. The van der Waals surface area contributed by atoms with Gasteiger partial charge in [-0.05, 0) is 59.8 Å². The number of aryl methyl sites for hydroxylation is 1. The van der Waals surface area contributed by atoms with Gasteiger partial charge < -0.3 is 20.7 Å². The van der Waals surface area contributed by atoms with Crippen LogP contribution in [0.4, 0.5) is 28.0 Å². The second-order valence-electron chi connectivity index (χ2n) is 8.37. The number of nitrogens with zero attached hydrogens (tertiary/aromatic N) is 3. The van der Waals surface area contributed by atoms with Crippen LogP contribution in [0.2, 0.25) is 0 Å². The highest BCUT2D eigenvalue weighted by Crippen LogP contribution is 2.42. The normalized spacial score (nSPS) is 19.0. The first-order valence-electron chi connectivity index (χ1n) is 10.6. The molecule has 35 heavy (non-hydrogen) atoms. The number of hydrogen-bond acceptors (Lipinski definition) is 6. The Hall–Kier alpha value is -3.25. The zero-order chi connectivity index (χ0) is 25.4. The molecule has 0 spiro atoms. The Kier molecular flexibility index (Phi) is 6.69. The van der Waals surface area contributed by atoms with Crippen LogP contribution in [0.1, 0.15) is 34.2 Å². The number of amides is 2. The smallest absolute Gasteiger partial charge is 0.407 e. The van der Waals surface area contributed by atoms with Crippen molar-refractivity contribution < 1.29 is 27.1 Å². The van der Waals surface area contributed by atoms with Crippen LogP contribution in [0, 0.1) is 12.7 Å². The number of hydrogen-bond donors (Lipinski definition) is 2. The van der Waals surface area contributed by atoms with E-state index < -0.39 is 23.7 Å². The van der Waals surface area contributed by atoms with Gasteiger partial charge in [0.2, 0.25) is 0 Å². The summed E-state index contributed by atoms with van der Waals surface area (Å²) >= 11 is 1.17. The van der Waals surface area contributed by atoms with Gasteiger partial charge in [-0.15, -0.1) is 0 Å². The van der Waals surface area contributed by atoms with Crippen LogP contribution in [0.15, 0.2) is 42.7 Å². The maximum atomic E-state index is 14.4. The minimum absolute atomic E-state index is 0.0597. The molecule has 0 saturated carbocycles. The lowest BCUT2D eigenvalue weighted by molar-refractivity contribution is -0.149. The average Bonchev–Trinajstić information content (AvgIpc) is 3.51. The van der Waals surface area contributed by atoms with Crippen LogP contribution < -0.4 is 15.8 Å². The van der Waals surface area contributed by atoms with Crippen LogP contribution in [0.3, 0.4) is 0 Å². The molecule has 0 radical (unpaired) electrons. The van der Waals surface area contributed by atoms with E-state index in [1.165, 1.54) is 48.1 Å². The molecule has 2 amide bonds. The van der Waals surface area contributed by atoms with E-state index in [-0.39, 0.29) is 29.4 Å². The van der Waals surface area contributed by atoms with Crippen molar-refractivity contribution in [1.82, 2.24) is 14.3 Å². The molecule has 2 heterocycles. The topological polar surface area (TPSA) is 93.4 Å². The largest absolute Gasteiger partial charge is 0.495 e. The fourth-order valence-electron chi connectivity index (χ4n) is 4.19. The number of likely N-dealkylation sites (tertiary alicyclic amines) is 1. The van der Waals surface area contributed by atoms with Crippen molar-refractivity contribution in [3.05, 3.63) is 70.2 Å². The summed E-state index contributed by atoms with van der Waals surface area (Å²) in [5, 5.41) is 3.28. The summed E-state index contributed by atoms with van der Waals surface area (Å²) in [6.07, 6.45) is -2.76. The summed E-state index contributed by atoms with van der Waals surface area (Å²) in [7, 11) is 1.34. The number of rotatable bonds is 5. The lowest BCUT2D eigenvalue weighted by atomic mass is 9.80. The molecule has 2 atom stereocenters. The molecule has 1 fully saturated rings. The van der Waals surface area contributed by atoms with E-state index in [9.17, 15) is 22.4 Å². The fraction of sp³-hybridized carbons (Fsp3) is 0.348. The molecule has 1 saturated heterocycles. The van der Waals surface area contributed by atoms with Crippen LogP contribution >= 0.6 is 11.5 Å². The van der Waals surface area contributed by atoms with E-state index in [1.54, 1.807) is 13.0 Å². The van der Waals surface area contributed by atoms with Gasteiger partial charge in [-0.25, -0.2) is 14.2 Å². The highest BCUT2D eigenvalue weighted by atomic mass is 32.1. The van der Waals surface area contributed by atoms with Crippen molar-refractivity contribution in [3.8, 4) is 5.75 Å². The monoisotopic (exact) mass is 509 g/mol. The number of benzene rings is 2. The van der Waals surface area contributed by atoms with Crippen molar-refractivity contribution >= 4 is 23.3 Å². The molecule has 0 aliphatic carbocycles. The quantitative estimate of drug-likeness (QED) is 0.483. The predicted octanol–water partition coefficient (Wildman–Crippen LogP) is 4.78. The fourth-order valence-corrected chi connectivity index (χ4v) is 4.94. The second kappa shape index (κ2) is 9.42. The summed E-state index contributed by atoms with van der Waals surface area (Å²) in [6, 6.07) is 5.86. The zero-order valence-electron chi connectivity index (χ0n) is 18.9. The third-order valence-electron chi connectivity index (χ3n) is 6.23. The number of alkyl halides is 3. The Bertz CT molecular complexity index is 1220. The summed E-state index contributed by atoms with van der Waals surface area (Å²) < 4.78 is 63.0. The molecule has 12 heteroatoms. The Balaban J connectivity index is 1.61. The predicted molar refractivity (Wildman–Crippen MR) is 123 cm³/mol. The molecule has 3 N–H and O–H groups in total. The Morgan fingerprint density at radius 2 is 2.06 bits per heavy atom. The highest BCUT2D eigenvalue weighted by Gasteiger charge is 2.45. The number of nitrogens with two attached hydrogens (primary N) is 1. The lowest BCUT2D eigenvalue weighted by Crippen LogP contribution is -2.37. The number of anilines is 1. The van der Waals surface area contributed by atoms with Gasteiger partial charge >= 0.3 is 12.2 Å². The van der Waals surface area contributed by atoms with E-state index in [2.05, 4.69) is 14.7 Å². The van der Waals surface area contributed by atoms with Crippen molar-refractivity contribution in [2.24, 2.45) is 5.73 Å². The first-order chi connectivity index (χ1) is 16.5. The van der Waals surface area contributed by atoms with Crippen LogP contribution in [0.25, 0.3) is 0 Å². The van der Waals surface area contributed by atoms with Gasteiger partial charge in [0.1, 0.15) is 28.9 Å². The van der Waals surface area contributed by atoms with Gasteiger partial charge in [0, 0.05) is 13.1 Å². The molecule has 4 rings (SSSR count). The lowest BCUT2D eigenvalue weighted by Gasteiger charge is -2.28. The molecule has 1 aliphatic heterocycles. The number of nitrogens with one attached hydrogen (secondary N) is 1. The summed E-state index contributed by atoms with van der Waals surface area (Å²) in [5.41, 5.74) is 5.58. The Morgan fingerprint density at radius 1 is 1.29 bits per heavy atom. The number of ether oxygens (including phenoxy) is 1. The number of halogens is 4. The first-order valence-corrected chi connectivity index (χ1v) is 11.4. The third kappa shape index (κ3) is 4.80. The zero-order valence-corrected chi connectivity index (χ0v) is 19.7. The van der Waals surface area contributed by atoms with Gasteiger partial charge in [-0.1, -0.05) is 18.2 Å². The molecular weight excluding hydrogens is 486 g/mol. The van der Waals surface area contributed by atoms with Crippen LogP contribution in [-0.2, 0) is 5.41 Å². The van der Waals surface area contributed by atoms with Gasteiger partial charge in [0.05, 0.1) is 18.2 Å². The minimum Gasteiger partial charge on any atom is -0.495 e. The molecule has 2 aromatic carbocycles. The van der Waals surface area contributed by atoms with Gasteiger partial charge in [-0.3, -0.25) is 0 Å². The molecule has 3 aromatic rings. The number of urea groups is 1. The molecule has 1 aliphatic rings. The van der Waals surface area contributed by atoms with Crippen molar-refractivity contribution in [2.45, 2.75) is 31.0 Å². The SMILES string of the molecule is COc1ccc([C@@H](N)C(F)(F)F)cc1NC(=O)N1CCC(c2ccc(C)c(F)c2)(c2ncns2)C1. The van der Waals surface area contributed by atoms with E-state index in [0.717, 1.165) is 6.07 Å². The molecule has 0 bridgehead atoms. The van der Waals surface area contributed by atoms with E-state index in [0.29, 0.717) is 29.1 Å². The molecule has 1 aromatic heterocycles. The highest BCUT2D eigenvalue weighted by molar-refractivity contribution is 7.05. The average molecular weight is 510 g/mol. The summed E-state index contributed by atoms with van der Waals surface area (Å²) in [5.74, 6) is -0.177. The van der Waals surface area contributed by atoms with Crippen molar-refractivity contribution in [3.63, 3.8) is 0 Å². The number of carbonyl (C=O) groups excluding carboxylic acids is 1. The maximum absolute atomic E-state index is 14.4. The summed E-state index contributed by atoms with van der Waals surface area (Å²) in [6.45, 7) is 2.16. The number of aromatic nitrogens is 2. The van der Waals surface area contributed by atoms with E-state index in [1.807, 2.05) is 6.07 Å². The molecular formula is C23H23F4N5O2S. The number of carbonyl (C=O) groups is 1. The molecule has 186 valence electrons. The number of methoxy groups -OCH3 is 1. The minimum atomic E-state index is -4.64. The maximum Gasteiger partial charge on any atom is 0.407 e. The van der Waals surface area contributed by atoms with E-state index in [4.69, 9.17) is 10.5 Å². The molecule has 1 unspecified atom stereocenters. The van der Waals surface area contributed by atoms with Gasteiger partial charge in [0.25, 0.3) is 0 Å². The second-order valence-corrected chi connectivity index (χ2v) is 9.15. The van der Waals surface area contributed by atoms with Crippen molar-refractivity contribution in [1.29, 1.82) is 0 Å². The Morgan fingerprint density at radius 3 is 2.69 bits per heavy atom. The van der Waals surface area contributed by atoms with Gasteiger partial charge in [0.15, 0.2) is 0 Å². The first kappa shape index (κ1) is 24.9. The van der Waals surface area contributed by atoms with Crippen LogP contribution in [-0.4, -0.2) is 46.7 Å². The van der Waals surface area contributed by atoms with Gasteiger partial charge in [-0.2, -0.15) is 17.5 Å².